The van der Waals surface area contributed by atoms with Gasteiger partial charge in [-0.05, 0) is 48.8 Å². The van der Waals surface area contributed by atoms with E-state index in [0.717, 1.165) is 23.8 Å². The first-order valence-electron chi connectivity index (χ1n) is 6.83. The van der Waals surface area contributed by atoms with E-state index in [1.54, 1.807) is 7.11 Å². The van der Waals surface area contributed by atoms with Crippen LogP contribution >= 0.6 is 0 Å². The maximum Gasteiger partial charge on any atom is 0.166 e. The summed E-state index contributed by atoms with van der Waals surface area (Å²) < 4.78 is 11.7. The van der Waals surface area contributed by atoms with Crippen molar-refractivity contribution in [2.24, 2.45) is 5.92 Å². The summed E-state index contributed by atoms with van der Waals surface area (Å²) in [4.78, 5) is 0. The smallest absolute Gasteiger partial charge is 0.166 e. The van der Waals surface area contributed by atoms with Crippen LogP contribution in [0.25, 0.3) is 0 Å². The molecule has 3 aliphatic rings. The molecule has 0 amide bonds. The van der Waals surface area contributed by atoms with Crippen LogP contribution in [0.2, 0.25) is 0 Å². The second-order valence-electron chi connectivity index (χ2n) is 5.73. The highest BCUT2D eigenvalue weighted by Gasteiger charge is 2.47. The van der Waals surface area contributed by atoms with Crippen LogP contribution in [0.1, 0.15) is 36.3 Å². The normalized spacial score (nSPS) is 31.8. The Balaban J connectivity index is 1.92. The molecule has 0 saturated heterocycles. The zero-order valence-electron chi connectivity index (χ0n) is 10.7. The van der Waals surface area contributed by atoms with Crippen LogP contribution in [0.5, 0.6) is 11.5 Å². The van der Waals surface area contributed by atoms with Crippen molar-refractivity contribution in [3.8, 4) is 11.5 Å². The predicted molar refractivity (Wildman–Crippen MR) is 70.3 cm³/mol. The van der Waals surface area contributed by atoms with E-state index in [2.05, 4.69) is 18.7 Å². The van der Waals surface area contributed by atoms with Crippen LogP contribution in [0.3, 0.4) is 0 Å². The van der Waals surface area contributed by atoms with E-state index < -0.39 is 0 Å². The summed E-state index contributed by atoms with van der Waals surface area (Å²) in [7, 11) is 1.72. The number of benzene rings is 1. The highest BCUT2D eigenvalue weighted by atomic mass is 16.5. The number of ether oxygens (including phenoxy) is 2. The molecule has 3 unspecified atom stereocenters. The summed E-state index contributed by atoms with van der Waals surface area (Å²) in [6, 6.07) is 4.27. The lowest BCUT2D eigenvalue weighted by Crippen LogP contribution is -2.34. The third-order valence-corrected chi connectivity index (χ3v) is 4.91. The van der Waals surface area contributed by atoms with E-state index in [9.17, 15) is 0 Å². The molecule has 0 bridgehead atoms. The van der Waals surface area contributed by atoms with Crippen LogP contribution in [-0.2, 0) is 6.42 Å². The topological polar surface area (TPSA) is 18.5 Å². The molecule has 1 aromatic carbocycles. The van der Waals surface area contributed by atoms with Gasteiger partial charge in [0.05, 0.1) is 7.11 Å². The first-order valence-corrected chi connectivity index (χ1v) is 6.83. The summed E-state index contributed by atoms with van der Waals surface area (Å²) >= 11 is 0. The average Bonchev–Trinajstić information content (AvgIpc) is 2.81. The molecule has 18 heavy (non-hydrogen) atoms. The lowest BCUT2D eigenvalue weighted by molar-refractivity contribution is 0.165. The third-order valence-electron chi connectivity index (χ3n) is 4.91. The molecular formula is C16H18O2. The summed E-state index contributed by atoms with van der Waals surface area (Å²) in [5, 5.41) is 0. The van der Waals surface area contributed by atoms with Crippen molar-refractivity contribution in [3.63, 3.8) is 0 Å². The van der Waals surface area contributed by atoms with E-state index in [-0.39, 0.29) is 6.10 Å². The van der Waals surface area contributed by atoms with Gasteiger partial charge in [-0.15, -0.1) is 0 Å². The Morgan fingerprint density at radius 3 is 2.94 bits per heavy atom. The van der Waals surface area contributed by atoms with Gasteiger partial charge in [-0.2, -0.15) is 0 Å². The molecule has 0 spiro atoms. The van der Waals surface area contributed by atoms with Crippen molar-refractivity contribution < 1.29 is 9.47 Å². The molecular weight excluding hydrogens is 224 g/mol. The SMILES string of the molecule is C=C1CCC2CCc3ccc(OC)c4c3C2C1O4. The quantitative estimate of drug-likeness (QED) is 0.702. The molecule has 2 nitrogen and oxygen atoms in total. The second kappa shape index (κ2) is 3.53. The molecule has 1 aliphatic heterocycles. The third kappa shape index (κ3) is 1.18. The van der Waals surface area contributed by atoms with Crippen molar-refractivity contribution in [3.05, 3.63) is 35.4 Å². The minimum absolute atomic E-state index is 0.203. The van der Waals surface area contributed by atoms with Gasteiger partial charge in [-0.1, -0.05) is 12.6 Å². The van der Waals surface area contributed by atoms with E-state index >= 15 is 0 Å². The van der Waals surface area contributed by atoms with Crippen molar-refractivity contribution in [1.82, 2.24) is 0 Å². The highest BCUT2D eigenvalue weighted by Crippen LogP contribution is 2.57. The summed E-state index contributed by atoms with van der Waals surface area (Å²) in [6.45, 7) is 4.22. The minimum Gasteiger partial charge on any atom is -0.493 e. The maximum absolute atomic E-state index is 6.21. The van der Waals surface area contributed by atoms with Gasteiger partial charge in [-0.25, -0.2) is 0 Å². The molecule has 94 valence electrons. The zero-order chi connectivity index (χ0) is 12.3. The average molecular weight is 242 g/mol. The Hall–Kier alpha value is -1.44. The molecule has 1 heterocycles. The van der Waals surface area contributed by atoms with Crippen molar-refractivity contribution in [2.45, 2.75) is 37.7 Å². The molecule has 2 aliphatic carbocycles. The minimum atomic E-state index is 0.203. The molecule has 0 aromatic heterocycles. The van der Waals surface area contributed by atoms with E-state index in [4.69, 9.17) is 9.47 Å². The van der Waals surface area contributed by atoms with Crippen molar-refractivity contribution >= 4 is 0 Å². The Morgan fingerprint density at radius 2 is 2.11 bits per heavy atom. The monoisotopic (exact) mass is 242 g/mol. The Morgan fingerprint density at radius 1 is 1.28 bits per heavy atom. The van der Waals surface area contributed by atoms with Gasteiger partial charge in [0, 0.05) is 11.5 Å². The summed E-state index contributed by atoms with van der Waals surface area (Å²) in [5.74, 6) is 3.20. The largest absolute Gasteiger partial charge is 0.493 e. The van der Waals surface area contributed by atoms with Crippen LogP contribution in [0, 0.1) is 5.92 Å². The van der Waals surface area contributed by atoms with E-state index in [1.165, 1.54) is 36.0 Å². The predicted octanol–water partition coefficient (Wildman–Crippen LogP) is 3.45. The second-order valence-corrected chi connectivity index (χ2v) is 5.73. The molecule has 0 radical (unpaired) electrons. The molecule has 0 N–H and O–H groups in total. The van der Waals surface area contributed by atoms with Gasteiger partial charge >= 0.3 is 0 Å². The lowest BCUT2D eigenvalue weighted by atomic mass is 9.66. The van der Waals surface area contributed by atoms with E-state index in [1.807, 2.05) is 0 Å². The summed E-state index contributed by atoms with van der Waals surface area (Å²) in [6.07, 6.45) is 5.10. The maximum atomic E-state index is 6.21. The molecule has 1 fully saturated rings. The molecule has 1 saturated carbocycles. The van der Waals surface area contributed by atoms with Gasteiger partial charge in [0.1, 0.15) is 6.10 Å². The highest BCUT2D eigenvalue weighted by molar-refractivity contribution is 5.58. The molecule has 4 rings (SSSR count). The van der Waals surface area contributed by atoms with Crippen LogP contribution in [-0.4, -0.2) is 13.2 Å². The number of rotatable bonds is 1. The van der Waals surface area contributed by atoms with Crippen LogP contribution in [0.15, 0.2) is 24.3 Å². The number of hydrogen-bond acceptors (Lipinski definition) is 2. The van der Waals surface area contributed by atoms with Crippen molar-refractivity contribution in [2.75, 3.05) is 7.11 Å². The fourth-order valence-corrected chi connectivity index (χ4v) is 4.02. The Bertz CT molecular complexity index is 532. The zero-order valence-corrected chi connectivity index (χ0v) is 10.7. The van der Waals surface area contributed by atoms with Gasteiger partial charge in [0.25, 0.3) is 0 Å². The molecule has 2 heteroatoms. The summed E-state index contributed by atoms with van der Waals surface area (Å²) in [5.41, 5.74) is 4.16. The lowest BCUT2D eigenvalue weighted by Gasteiger charge is -2.37. The fraction of sp³-hybridized carbons (Fsp3) is 0.500. The fourth-order valence-electron chi connectivity index (χ4n) is 4.02. The standard InChI is InChI=1S/C16H18O2/c1-9-3-4-10-5-6-11-7-8-12(17-2)16-14(11)13(10)15(9)18-16/h7-8,10,13,15H,1,3-6H2,2H3. The van der Waals surface area contributed by atoms with E-state index in [0.29, 0.717) is 5.92 Å². The van der Waals surface area contributed by atoms with Crippen LogP contribution < -0.4 is 9.47 Å². The Kier molecular flexibility index (Phi) is 2.06. The number of methoxy groups -OCH3 is 1. The number of aryl methyl sites for hydroxylation is 1. The van der Waals surface area contributed by atoms with Gasteiger partial charge in [0.15, 0.2) is 11.5 Å². The van der Waals surface area contributed by atoms with Crippen LogP contribution in [0.4, 0.5) is 0 Å². The number of hydrogen-bond donors (Lipinski definition) is 0. The first-order chi connectivity index (χ1) is 8.79. The molecule has 3 atom stereocenters. The van der Waals surface area contributed by atoms with Crippen molar-refractivity contribution in [1.29, 1.82) is 0 Å². The Labute approximate surface area is 108 Å². The molecule has 1 aromatic rings. The first kappa shape index (κ1) is 10.5. The van der Waals surface area contributed by atoms with Gasteiger partial charge < -0.3 is 9.47 Å². The van der Waals surface area contributed by atoms with Gasteiger partial charge in [0.2, 0.25) is 0 Å². The van der Waals surface area contributed by atoms with Gasteiger partial charge in [-0.3, -0.25) is 0 Å².